The molecule has 0 amide bonds. The Kier molecular flexibility index (Phi) is 8.15. The first-order valence-corrected chi connectivity index (χ1v) is 9.05. The molecule has 0 aromatic carbocycles. The Hall–Kier alpha value is -1.38. The largest absolute Gasteiger partial charge is 0.395 e. The molecule has 0 saturated carbocycles. The zero-order chi connectivity index (χ0) is 16.4. The summed E-state index contributed by atoms with van der Waals surface area (Å²) in [7, 11) is -1.55. The van der Waals surface area contributed by atoms with Crippen LogP contribution < -0.4 is 10.6 Å². The maximum Gasteiger partial charge on any atom is 0.154 e. The van der Waals surface area contributed by atoms with Crippen LogP contribution in [0.5, 0.6) is 0 Å². The number of sulfone groups is 1. The first kappa shape index (κ1) is 18.7. The Bertz CT molecular complexity index is 549. The van der Waals surface area contributed by atoms with Crippen molar-refractivity contribution in [3.05, 3.63) is 17.7 Å². The van der Waals surface area contributed by atoms with Crippen LogP contribution in [0.4, 0.5) is 11.6 Å². The van der Waals surface area contributed by atoms with Crippen LogP contribution in [0, 0.1) is 6.92 Å². The molecule has 0 aliphatic rings. The van der Waals surface area contributed by atoms with E-state index in [0.717, 1.165) is 24.3 Å². The zero-order valence-electron chi connectivity index (χ0n) is 13.1. The van der Waals surface area contributed by atoms with Crippen LogP contribution in [-0.2, 0) is 14.6 Å². The molecule has 0 saturated heterocycles. The molecule has 0 bridgehead atoms. The van der Waals surface area contributed by atoms with Gasteiger partial charge in [-0.1, -0.05) is 0 Å². The molecule has 0 unspecified atom stereocenters. The van der Waals surface area contributed by atoms with Crippen LogP contribution in [-0.4, -0.2) is 63.4 Å². The standard InChI is InChI=1S/C14H25N3O4S/c1-12-10-13(15-4-3-7-21-2)17-14(11-12)16-5-8-22(19,20)9-6-18/h10-11,18H,3-9H2,1-2H3,(H2,15,16,17). The number of aromatic nitrogens is 1. The maximum absolute atomic E-state index is 11.5. The summed E-state index contributed by atoms with van der Waals surface area (Å²) in [6, 6.07) is 3.79. The number of pyridine rings is 1. The van der Waals surface area contributed by atoms with E-state index in [1.165, 1.54) is 0 Å². The Morgan fingerprint density at radius 3 is 2.41 bits per heavy atom. The molecule has 0 aliphatic carbocycles. The molecule has 22 heavy (non-hydrogen) atoms. The van der Waals surface area contributed by atoms with Crippen LogP contribution in [0.15, 0.2) is 12.1 Å². The number of aryl methyl sites for hydroxylation is 1. The quantitative estimate of drug-likeness (QED) is 0.512. The molecule has 8 heteroatoms. The van der Waals surface area contributed by atoms with Crippen molar-refractivity contribution in [2.75, 3.05) is 55.6 Å². The minimum absolute atomic E-state index is 0.0280. The van der Waals surface area contributed by atoms with E-state index in [1.807, 2.05) is 19.1 Å². The Morgan fingerprint density at radius 2 is 1.82 bits per heavy atom. The van der Waals surface area contributed by atoms with Gasteiger partial charge < -0.3 is 20.5 Å². The fourth-order valence-electron chi connectivity index (χ4n) is 1.86. The summed E-state index contributed by atoms with van der Waals surface area (Å²) in [5, 5.41) is 14.9. The van der Waals surface area contributed by atoms with E-state index >= 15 is 0 Å². The predicted octanol–water partition coefficient (Wildman–Crippen LogP) is 0.657. The molecule has 1 aromatic rings. The van der Waals surface area contributed by atoms with Gasteiger partial charge in [0.1, 0.15) is 11.6 Å². The maximum atomic E-state index is 11.5. The van der Waals surface area contributed by atoms with Crippen molar-refractivity contribution < 1.29 is 18.3 Å². The number of aliphatic hydroxyl groups excluding tert-OH is 1. The lowest BCUT2D eigenvalue weighted by Crippen LogP contribution is -2.20. The van der Waals surface area contributed by atoms with Gasteiger partial charge in [-0.25, -0.2) is 13.4 Å². The highest BCUT2D eigenvalue weighted by Crippen LogP contribution is 2.13. The molecule has 0 atom stereocenters. The topological polar surface area (TPSA) is 101 Å². The van der Waals surface area contributed by atoms with Crippen LogP contribution in [0.1, 0.15) is 12.0 Å². The fourth-order valence-corrected chi connectivity index (χ4v) is 2.75. The first-order valence-electron chi connectivity index (χ1n) is 7.23. The Balaban J connectivity index is 2.51. The van der Waals surface area contributed by atoms with Crippen molar-refractivity contribution in [2.24, 2.45) is 0 Å². The summed E-state index contributed by atoms with van der Waals surface area (Å²) >= 11 is 0. The van der Waals surface area contributed by atoms with Crippen molar-refractivity contribution >= 4 is 21.5 Å². The summed E-state index contributed by atoms with van der Waals surface area (Å²) in [5.74, 6) is 1.15. The highest BCUT2D eigenvalue weighted by molar-refractivity contribution is 7.91. The second kappa shape index (κ2) is 9.60. The van der Waals surface area contributed by atoms with Gasteiger partial charge in [-0.3, -0.25) is 0 Å². The highest BCUT2D eigenvalue weighted by atomic mass is 32.2. The van der Waals surface area contributed by atoms with Gasteiger partial charge in [-0.2, -0.15) is 0 Å². The van der Waals surface area contributed by atoms with E-state index < -0.39 is 9.84 Å². The molecule has 0 spiro atoms. The lowest BCUT2D eigenvalue weighted by atomic mass is 10.3. The first-order chi connectivity index (χ1) is 10.5. The summed E-state index contributed by atoms with van der Waals surface area (Å²) in [5.41, 5.74) is 1.03. The van der Waals surface area contributed by atoms with Crippen molar-refractivity contribution in [3.63, 3.8) is 0 Å². The molecule has 0 aliphatic heterocycles. The average Bonchev–Trinajstić information content (AvgIpc) is 2.43. The van der Waals surface area contributed by atoms with Gasteiger partial charge in [-0.15, -0.1) is 0 Å². The van der Waals surface area contributed by atoms with Gasteiger partial charge in [-0.05, 0) is 31.0 Å². The molecular weight excluding hydrogens is 306 g/mol. The lowest BCUT2D eigenvalue weighted by molar-refractivity contribution is 0.198. The SMILES string of the molecule is COCCCNc1cc(C)cc(NCCS(=O)(=O)CCO)n1. The number of nitrogens with one attached hydrogen (secondary N) is 2. The number of hydrogen-bond acceptors (Lipinski definition) is 7. The number of anilines is 2. The number of rotatable bonds is 11. The summed E-state index contributed by atoms with van der Waals surface area (Å²) in [6.07, 6.45) is 0.883. The molecule has 0 fully saturated rings. The Labute approximate surface area is 132 Å². The minimum atomic E-state index is -3.21. The van der Waals surface area contributed by atoms with Gasteiger partial charge in [0.2, 0.25) is 0 Å². The van der Waals surface area contributed by atoms with Crippen molar-refractivity contribution in [1.82, 2.24) is 4.98 Å². The van der Waals surface area contributed by atoms with E-state index in [4.69, 9.17) is 9.84 Å². The summed E-state index contributed by atoms with van der Waals surface area (Å²) in [4.78, 5) is 4.39. The number of aliphatic hydroxyl groups is 1. The molecule has 7 nitrogen and oxygen atoms in total. The average molecular weight is 331 g/mol. The van der Waals surface area contributed by atoms with Crippen molar-refractivity contribution in [2.45, 2.75) is 13.3 Å². The molecule has 1 heterocycles. The van der Waals surface area contributed by atoms with E-state index in [9.17, 15) is 8.42 Å². The van der Waals surface area contributed by atoms with Crippen LogP contribution >= 0.6 is 0 Å². The molecule has 1 aromatic heterocycles. The van der Waals surface area contributed by atoms with Gasteiger partial charge in [0.05, 0.1) is 18.1 Å². The molecule has 126 valence electrons. The van der Waals surface area contributed by atoms with Crippen molar-refractivity contribution in [3.8, 4) is 0 Å². The van der Waals surface area contributed by atoms with Crippen molar-refractivity contribution in [1.29, 1.82) is 0 Å². The second-order valence-corrected chi connectivity index (χ2v) is 7.29. The molecule has 3 N–H and O–H groups in total. The fraction of sp³-hybridized carbons (Fsp3) is 0.643. The van der Waals surface area contributed by atoms with E-state index in [2.05, 4.69) is 15.6 Å². The molecule has 0 radical (unpaired) electrons. The second-order valence-electron chi connectivity index (χ2n) is 4.99. The van der Waals surface area contributed by atoms with E-state index in [0.29, 0.717) is 12.4 Å². The minimum Gasteiger partial charge on any atom is -0.395 e. The summed E-state index contributed by atoms with van der Waals surface area (Å²) in [6.45, 7) is 3.32. The zero-order valence-corrected chi connectivity index (χ0v) is 13.9. The van der Waals surface area contributed by atoms with E-state index in [-0.39, 0.29) is 24.7 Å². The van der Waals surface area contributed by atoms with Crippen LogP contribution in [0.3, 0.4) is 0 Å². The third kappa shape index (κ3) is 7.58. The van der Waals surface area contributed by atoms with Crippen LogP contribution in [0.2, 0.25) is 0 Å². The monoisotopic (exact) mass is 331 g/mol. The third-order valence-electron chi connectivity index (χ3n) is 2.92. The van der Waals surface area contributed by atoms with E-state index in [1.54, 1.807) is 7.11 Å². The number of methoxy groups -OCH3 is 1. The molecule has 1 rings (SSSR count). The smallest absolute Gasteiger partial charge is 0.154 e. The Morgan fingerprint density at radius 1 is 1.18 bits per heavy atom. The number of ether oxygens (including phenoxy) is 1. The van der Waals surface area contributed by atoms with Gasteiger partial charge in [0.15, 0.2) is 9.84 Å². The number of hydrogen-bond donors (Lipinski definition) is 3. The van der Waals surface area contributed by atoms with Gasteiger partial charge in [0.25, 0.3) is 0 Å². The third-order valence-corrected chi connectivity index (χ3v) is 4.55. The van der Waals surface area contributed by atoms with Gasteiger partial charge >= 0.3 is 0 Å². The summed E-state index contributed by atoms with van der Waals surface area (Å²) < 4.78 is 28.0. The number of nitrogens with zero attached hydrogens (tertiary/aromatic N) is 1. The molecular formula is C14H25N3O4S. The highest BCUT2D eigenvalue weighted by Gasteiger charge is 2.09. The predicted molar refractivity (Wildman–Crippen MR) is 88.2 cm³/mol. The van der Waals surface area contributed by atoms with Crippen LogP contribution in [0.25, 0.3) is 0 Å². The van der Waals surface area contributed by atoms with Gasteiger partial charge in [0, 0.05) is 26.8 Å². The normalized spacial score (nSPS) is 11.4. The lowest BCUT2D eigenvalue weighted by Gasteiger charge is -2.11.